The van der Waals surface area contributed by atoms with E-state index >= 15 is 0 Å². The molecule has 0 spiro atoms. The summed E-state index contributed by atoms with van der Waals surface area (Å²) in [6.45, 7) is 8.02. The summed E-state index contributed by atoms with van der Waals surface area (Å²) in [4.78, 5) is 12.6. The number of hydrogen-bond donors (Lipinski definition) is 1. The number of ether oxygens (including phenoxy) is 2. The van der Waals surface area contributed by atoms with Gasteiger partial charge in [-0.05, 0) is 42.0 Å². The first kappa shape index (κ1) is 18.3. The third-order valence-corrected chi connectivity index (χ3v) is 4.73. The van der Waals surface area contributed by atoms with E-state index in [4.69, 9.17) is 9.47 Å². The average molecular weight is 353 g/mol. The standard InChI is InChI=1S/C22H27NO3/c1-16(18-9-10-19-20(13-18)26-12-11-25-19)21(24)23-15-22(2,3)14-17-7-5-4-6-8-17/h4-10,13,16H,11-12,14-15H2,1-3H3,(H,23,24). The number of carbonyl (C=O) groups is 1. The molecule has 138 valence electrons. The molecule has 1 N–H and O–H groups in total. The minimum Gasteiger partial charge on any atom is -0.486 e. The molecule has 0 saturated heterocycles. The lowest BCUT2D eigenvalue weighted by Gasteiger charge is -2.26. The SMILES string of the molecule is CC(C(=O)NCC(C)(C)Cc1ccccc1)c1ccc2c(c1)OCCO2. The Morgan fingerprint density at radius 3 is 2.50 bits per heavy atom. The smallest absolute Gasteiger partial charge is 0.227 e. The summed E-state index contributed by atoms with van der Waals surface area (Å²) in [6.07, 6.45) is 0.923. The minimum absolute atomic E-state index is 0.0104. The third kappa shape index (κ3) is 4.57. The highest BCUT2D eigenvalue weighted by molar-refractivity contribution is 5.83. The summed E-state index contributed by atoms with van der Waals surface area (Å²) in [7, 11) is 0. The fourth-order valence-electron chi connectivity index (χ4n) is 3.17. The fourth-order valence-corrected chi connectivity index (χ4v) is 3.17. The van der Waals surface area contributed by atoms with E-state index in [1.54, 1.807) is 0 Å². The van der Waals surface area contributed by atoms with Crippen LogP contribution >= 0.6 is 0 Å². The Hall–Kier alpha value is -2.49. The number of amides is 1. The van der Waals surface area contributed by atoms with E-state index in [0.29, 0.717) is 19.8 Å². The minimum atomic E-state index is -0.238. The fraction of sp³-hybridized carbons (Fsp3) is 0.409. The monoisotopic (exact) mass is 353 g/mol. The highest BCUT2D eigenvalue weighted by Crippen LogP contribution is 2.33. The molecule has 1 aliphatic rings. The molecule has 2 aromatic rings. The Morgan fingerprint density at radius 2 is 1.77 bits per heavy atom. The van der Waals surface area contributed by atoms with Crippen LogP contribution in [0.15, 0.2) is 48.5 Å². The zero-order chi connectivity index (χ0) is 18.6. The van der Waals surface area contributed by atoms with Crippen LogP contribution in [0.25, 0.3) is 0 Å². The van der Waals surface area contributed by atoms with Gasteiger partial charge < -0.3 is 14.8 Å². The summed E-state index contributed by atoms with van der Waals surface area (Å²) >= 11 is 0. The van der Waals surface area contributed by atoms with Crippen LogP contribution in [0.2, 0.25) is 0 Å². The van der Waals surface area contributed by atoms with Gasteiger partial charge in [-0.2, -0.15) is 0 Å². The second-order valence-corrected chi connectivity index (χ2v) is 7.67. The van der Waals surface area contributed by atoms with E-state index in [9.17, 15) is 4.79 Å². The van der Waals surface area contributed by atoms with Gasteiger partial charge in [-0.15, -0.1) is 0 Å². The van der Waals surface area contributed by atoms with Gasteiger partial charge in [0, 0.05) is 6.54 Å². The normalized spacial score (nSPS) is 14.6. The first-order valence-corrected chi connectivity index (χ1v) is 9.16. The van der Waals surface area contributed by atoms with E-state index in [-0.39, 0.29) is 17.2 Å². The molecule has 0 aromatic heterocycles. The quantitative estimate of drug-likeness (QED) is 0.855. The van der Waals surface area contributed by atoms with E-state index in [1.807, 2.05) is 43.3 Å². The molecule has 2 aromatic carbocycles. The second kappa shape index (κ2) is 7.81. The summed E-state index contributed by atoms with van der Waals surface area (Å²) in [5.41, 5.74) is 2.21. The van der Waals surface area contributed by atoms with Crippen molar-refractivity contribution in [3.05, 3.63) is 59.7 Å². The van der Waals surface area contributed by atoms with Crippen LogP contribution in [-0.2, 0) is 11.2 Å². The Morgan fingerprint density at radius 1 is 1.08 bits per heavy atom. The maximum Gasteiger partial charge on any atom is 0.227 e. The highest BCUT2D eigenvalue weighted by Gasteiger charge is 2.23. The average Bonchev–Trinajstić information content (AvgIpc) is 2.65. The first-order valence-electron chi connectivity index (χ1n) is 9.16. The van der Waals surface area contributed by atoms with E-state index in [1.165, 1.54) is 5.56 Å². The first-order chi connectivity index (χ1) is 12.4. The molecule has 26 heavy (non-hydrogen) atoms. The maximum atomic E-state index is 12.6. The molecule has 4 nitrogen and oxygen atoms in total. The van der Waals surface area contributed by atoms with Crippen molar-refractivity contribution in [1.82, 2.24) is 5.32 Å². The lowest BCUT2D eigenvalue weighted by Crippen LogP contribution is -2.37. The predicted octanol–water partition coefficient (Wildman–Crippen LogP) is 3.95. The number of carbonyl (C=O) groups excluding carboxylic acids is 1. The van der Waals surface area contributed by atoms with Crippen molar-refractivity contribution in [2.24, 2.45) is 5.41 Å². The maximum absolute atomic E-state index is 12.6. The molecular weight excluding hydrogens is 326 g/mol. The van der Waals surface area contributed by atoms with Crippen LogP contribution in [0.1, 0.15) is 37.8 Å². The van der Waals surface area contributed by atoms with Crippen molar-refractivity contribution in [3.8, 4) is 11.5 Å². The van der Waals surface area contributed by atoms with Gasteiger partial charge in [-0.1, -0.05) is 50.2 Å². The van der Waals surface area contributed by atoms with Gasteiger partial charge in [-0.3, -0.25) is 4.79 Å². The van der Waals surface area contributed by atoms with Crippen molar-refractivity contribution in [2.45, 2.75) is 33.1 Å². The highest BCUT2D eigenvalue weighted by atomic mass is 16.6. The number of nitrogens with one attached hydrogen (secondary N) is 1. The molecule has 1 unspecified atom stereocenters. The number of hydrogen-bond acceptors (Lipinski definition) is 3. The molecule has 0 aliphatic carbocycles. The molecule has 0 radical (unpaired) electrons. The Balaban J connectivity index is 1.58. The van der Waals surface area contributed by atoms with E-state index in [0.717, 1.165) is 23.5 Å². The number of benzene rings is 2. The van der Waals surface area contributed by atoms with Gasteiger partial charge in [0.15, 0.2) is 11.5 Å². The molecule has 0 fully saturated rings. The lowest BCUT2D eigenvalue weighted by atomic mass is 9.85. The van der Waals surface area contributed by atoms with Crippen LogP contribution in [0.3, 0.4) is 0 Å². The molecule has 1 aliphatic heterocycles. The van der Waals surface area contributed by atoms with Gasteiger partial charge >= 0.3 is 0 Å². The Kier molecular flexibility index (Phi) is 5.50. The molecule has 4 heteroatoms. The van der Waals surface area contributed by atoms with Gasteiger partial charge in [0.2, 0.25) is 5.91 Å². The topological polar surface area (TPSA) is 47.6 Å². The van der Waals surface area contributed by atoms with Crippen LogP contribution in [0.5, 0.6) is 11.5 Å². The molecule has 1 amide bonds. The van der Waals surface area contributed by atoms with Crippen LogP contribution in [0.4, 0.5) is 0 Å². The van der Waals surface area contributed by atoms with Gasteiger partial charge in [0.05, 0.1) is 5.92 Å². The predicted molar refractivity (Wildman–Crippen MR) is 103 cm³/mol. The van der Waals surface area contributed by atoms with Crippen LogP contribution in [-0.4, -0.2) is 25.7 Å². The van der Waals surface area contributed by atoms with Gasteiger partial charge in [0.25, 0.3) is 0 Å². The van der Waals surface area contributed by atoms with Crippen LogP contribution in [0, 0.1) is 5.41 Å². The van der Waals surface area contributed by atoms with Crippen molar-refractivity contribution in [2.75, 3.05) is 19.8 Å². The lowest BCUT2D eigenvalue weighted by molar-refractivity contribution is -0.122. The second-order valence-electron chi connectivity index (χ2n) is 7.67. The summed E-state index contributed by atoms with van der Waals surface area (Å²) in [5, 5.41) is 3.11. The summed E-state index contributed by atoms with van der Waals surface area (Å²) in [5.74, 6) is 1.26. The van der Waals surface area contributed by atoms with Crippen molar-refractivity contribution >= 4 is 5.91 Å². The Labute approximate surface area is 155 Å². The molecule has 1 atom stereocenters. The number of rotatable bonds is 6. The zero-order valence-corrected chi connectivity index (χ0v) is 15.7. The summed E-state index contributed by atoms with van der Waals surface area (Å²) in [6, 6.07) is 16.1. The van der Waals surface area contributed by atoms with Crippen molar-refractivity contribution in [3.63, 3.8) is 0 Å². The molecule has 0 saturated carbocycles. The Bertz CT molecular complexity index is 755. The molecule has 3 rings (SSSR count). The third-order valence-electron chi connectivity index (χ3n) is 4.73. The van der Waals surface area contributed by atoms with Crippen LogP contribution < -0.4 is 14.8 Å². The molecule has 1 heterocycles. The van der Waals surface area contributed by atoms with Gasteiger partial charge in [-0.25, -0.2) is 0 Å². The van der Waals surface area contributed by atoms with Crippen molar-refractivity contribution < 1.29 is 14.3 Å². The molecule has 0 bridgehead atoms. The number of fused-ring (bicyclic) bond motifs is 1. The van der Waals surface area contributed by atoms with E-state index < -0.39 is 0 Å². The van der Waals surface area contributed by atoms with Crippen molar-refractivity contribution in [1.29, 1.82) is 0 Å². The zero-order valence-electron chi connectivity index (χ0n) is 15.7. The largest absolute Gasteiger partial charge is 0.486 e. The van der Waals surface area contributed by atoms with Gasteiger partial charge in [0.1, 0.15) is 13.2 Å². The summed E-state index contributed by atoms with van der Waals surface area (Å²) < 4.78 is 11.2. The van der Waals surface area contributed by atoms with E-state index in [2.05, 4.69) is 31.3 Å². The molecular formula is C22H27NO3.